The summed E-state index contributed by atoms with van der Waals surface area (Å²) < 4.78 is 41.1. The fourth-order valence-corrected chi connectivity index (χ4v) is 3.79. The molecule has 0 aliphatic rings. The van der Waals surface area contributed by atoms with Crippen molar-refractivity contribution < 1.29 is 17.7 Å². The van der Waals surface area contributed by atoms with E-state index in [4.69, 9.17) is 6.57 Å². The van der Waals surface area contributed by atoms with Crippen molar-refractivity contribution in [3.8, 4) is 11.3 Å². The highest BCUT2D eigenvalue weighted by atomic mass is 28.3. The van der Waals surface area contributed by atoms with Gasteiger partial charge in [-0.05, 0) is 18.6 Å². The maximum Gasteiger partial charge on any atom is 0.407 e. The number of hydrogen-bond acceptors (Lipinski definition) is 0. The van der Waals surface area contributed by atoms with Crippen LogP contribution in [0.1, 0.15) is 11.1 Å². The highest BCUT2D eigenvalue weighted by Gasteiger charge is 2.34. The Morgan fingerprint density at radius 2 is 1.75 bits per heavy atom. The lowest BCUT2D eigenvalue weighted by atomic mass is 9.99. The van der Waals surface area contributed by atoms with Gasteiger partial charge in [0.05, 0.1) is 20.2 Å². The van der Waals surface area contributed by atoms with Gasteiger partial charge in [-0.2, -0.15) is 13.2 Å². The molecule has 1 aromatic carbocycles. The normalized spacial score (nSPS) is 12.1. The number of nitrogens with zero attached hydrogens (tertiary/aromatic N) is 2. The number of hydrogen-bond donors (Lipinski definition) is 0. The second kappa shape index (κ2) is 6.06. The van der Waals surface area contributed by atoms with Crippen LogP contribution in [0.3, 0.4) is 0 Å². The lowest BCUT2D eigenvalue weighted by Gasteiger charge is -2.16. The summed E-state index contributed by atoms with van der Waals surface area (Å²) in [7, 11) is 0.411. The van der Waals surface area contributed by atoms with Gasteiger partial charge >= 0.3 is 6.18 Å². The van der Waals surface area contributed by atoms with E-state index in [1.165, 1.54) is 11.3 Å². The van der Waals surface area contributed by atoms with Crippen molar-refractivity contribution in [2.24, 2.45) is 7.05 Å². The average molecular weight is 349 g/mol. The van der Waals surface area contributed by atoms with E-state index in [1.54, 1.807) is 6.92 Å². The van der Waals surface area contributed by atoms with Crippen molar-refractivity contribution in [1.82, 2.24) is 0 Å². The molecular formula is C18H20F3N2Si+. The monoisotopic (exact) mass is 349 g/mol. The number of aromatic nitrogens is 1. The van der Waals surface area contributed by atoms with E-state index >= 15 is 0 Å². The van der Waals surface area contributed by atoms with Crippen LogP contribution in [0, 0.1) is 13.5 Å². The molecular weight excluding hydrogens is 329 g/mol. The molecule has 0 spiro atoms. The van der Waals surface area contributed by atoms with Gasteiger partial charge in [0.15, 0.2) is 11.9 Å². The van der Waals surface area contributed by atoms with E-state index in [0.717, 1.165) is 11.8 Å². The van der Waals surface area contributed by atoms with Gasteiger partial charge in [0, 0.05) is 16.8 Å². The molecule has 2 rings (SSSR count). The Labute approximate surface area is 141 Å². The minimum Gasteiger partial charge on any atom is -0.238 e. The van der Waals surface area contributed by atoms with Crippen molar-refractivity contribution in [3.63, 3.8) is 0 Å². The largest absolute Gasteiger partial charge is 0.407 e. The van der Waals surface area contributed by atoms with E-state index < -0.39 is 19.8 Å². The maximum atomic E-state index is 13.1. The van der Waals surface area contributed by atoms with Crippen molar-refractivity contribution in [1.29, 1.82) is 0 Å². The minimum atomic E-state index is -4.52. The zero-order valence-electron chi connectivity index (χ0n) is 14.4. The Balaban J connectivity index is 2.65. The molecule has 0 N–H and O–H groups in total. The number of alkyl halides is 3. The average Bonchev–Trinajstić information content (AvgIpc) is 2.45. The SMILES string of the molecule is [C-]#[N+]c1cc(-c2ccc([Si](C)(C)C)c[n+]2C)c(C)cc1C(F)(F)F. The van der Waals surface area contributed by atoms with Crippen molar-refractivity contribution in [2.75, 3.05) is 0 Å². The number of benzene rings is 1. The Hall–Kier alpha value is -2.13. The summed E-state index contributed by atoms with van der Waals surface area (Å²) in [6, 6.07) is 6.37. The van der Waals surface area contributed by atoms with E-state index in [-0.39, 0.29) is 5.69 Å². The Morgan fingerprint density at radius 3 is 2.21 bits per heavy atom. The third kappa shape index (κ3) is 3.51. The smallest absolute Gasteiger partial charge is 0.238 e. The molecule has 0 unspecified atom stereocenters. The number of aryl methyl sites for hydroxylation is 2. The molecule has 0 atom stereocenters. The highest BCUT2D eigenvalue weighted by Crippen LogP contribution is 2.39. The van der Waals surface area contributed by atoms with Gasteiger partial charge in [-0.3, -0.25) is 0 Å². The first-order valence-electron chi connectivity index (χ1n) is 7.55. The fourth-order valence-electron chi connectivity index (χ4n) is 2.62. The van der Waals surface area contributed by atoms with E-state index in [0.29, 0.717) is 11.1 Å². The van der Waals surface area contributed by atoms with Crippen LogP contribution in [0.2, 0.25) is 19.6 Å². The standard InChI is InChI=1S/C18H20F3N2Si/c1-12-9-15(18(19,20)21)16(22-2)10-14(12)17-8-7-13(11-23(17)3)24(4,5)6/h7-11H,1,3-6H3/q+1. The van der Waals surface area contributed by atoms with Crippen LogP contribution in [0.5, 0.6) is 0 Å². The summed E-state index contributed by atoms with van der Waals surface area (Å²) in [5.74, 6) is 0. The van der Waals surface area contributed by atoms with Gasteiger partial charge in [0.25, 0.3) is 0 Å². The first-order valence-corrected chi connectivity index (χ1v) is 11.0. The molecule has 0 saturated heterocycles. The van der Waals surface area contributed by atoms with Gasteiger partial charge < -0.3 is 0 Å². The molecule has 0 fully saturated rings. The number of rotatable bonds is 2. The molecule has 6 heteroatoms. The Morgan fingerprint density at radius 1 is 1.12 bits per heavy atom. The Kier molecular flexibility index (Phi) is 4.60. The van der Waals surface area contributed by atoms with Crippen LogP contribution in [0.15, 0.2) is 30.5 Å². The zero-order chi connectivity index (χ0) is 18.3. The first kappa shape index (κ1) is 18.2. The molecule has 1 aromatic heterocycles. The molecule has 1 heterocycles. The summed E-state index contributed by atoms with van der Waals surface area (Å²) in [4.78, 5) is 3.08. The highest BCUT2D eigenvalue weighted by molar-refractivity contribution is 6.88. The molecule has 126 valence electrons. The molecule has 0 bridgehead atoms. The molecule has 0 aliphatic carbocycles. The van der Waals surface area contributed by atoms with E-state index in [1.807, 2.05) is 29.9 Å². The molecule has 24 heavy (non-hydrogen) atoms. The summed E-state index contributed by atoms with van der Waals surface area (Å²) in [5.41, 5.74) is 0.718. The van der Waals surface area contributed by atoms with Crippen LogP contribution in [-0.2, 0) is 13.2 Å². The second-order valence-electron chi connectivity index (χ2n) is 6.96. The predicted molar refractivity (Wildman–Crippen MR) is 92.0 cm³/mol. The van der Waals surface area contributed by atoms with Gasteiger partial charge in [0.1, 0.15) is 7.05 Å². The van der Waals surface area contributed by atoms with Crippen molar-refractivity contribution >= 4 is 18.9 Å². The van der Waals surface area contributed by atoms with Crippen LogP contribution < -0.4 is 9.75 Å². The van der Waals surface area contributed by atoms with Crippen LogP contribution in [-0.4, -0.2) is 8.07 Å². The third-order valence-corrected chi connectivity index (χ3v) is 6.07. The third-order valence-electron chi connectivity index (χ3n) is 4.04. The molecule has 2 aromatic rings. The van der Waals surface area contributed by atoms with Crippen LogP contribution in [0.25, 0.3) is 16.1 Å². The lowest BCUT2D eigenvalue weighted by Crippen LogP contribution is -2.44. The Bertz CT molecular complexity index is 828. The van der Waals surface area contributed by atoms with Gasteiger partial charge in [-0.25, -0.2) is 9.41 Å². The van der Waals surface area contributed by atoms with Crippen LogP contribution >= 0.6 is 0 Å². The fraction of sp³-hybridized carbons (Fsp3) is 0.333. The number of halogens is 3. The molecule has 0 saturated carbocycles. The van der Waals surface area contributed by atoms with Gasteiger partial charge in [-0.1, -0.05) is 31.8 Å². The quantitative estimate of drug-likeness (QED) is 0.425. The zero-order valence-corrected chi connectivity index (χ0v) is 15.4. The van der Waals surface area contributed by atoms with Gasteiger partial charge in [-0.15, -0.1) is 0 Å². The molecule has 2 nitrogen and oxygen atoms in total. The molecule has 0 aliphatic heterocycles. The van der Waals surface area contributed by atoms with E-state index in [2.05, 4.69) is 24.5 Å². The maximum absolute atomic E-state index is 13.1. The summed E-state index contributed by atoms with van der Waals surface area (Å²) >= 11 is 0. The first-order chi connectivity index (χ1) is 10.9. The lowest BCUT2D eigenvalue weighted by molar-refractivity contribution is -0.659. The number of pyridine rings is 1. The predicted octanol–water partition coefficient (Wildman–Crippen LogP) is 4.60. The minimum absolute atomic E-state index is 0.364. The summed E-state index contributed by atoms with van der Waals surface area (Å²) in [5, 5.41) is 1.27. The van der Waals surface area contributed by atoms with E-state index in [9.17, 15) is 13.2 Å². The summed E-state index contributed by atoms with van der Waals surface area (Å²) in [6.07, 6.45) is -2.48. The van der Waals surface area contributed by atoms with Crippen molar-refractivity contribution in [2.45, 2.75) is 32.7 Å². The van der Waals surface area contributed by atoms with Crippen LogP contribution in [0.4, 0.5) is 18.9 Å². The van der Waals surface area contributed by atoms with Crippen molar-refractivity contribution in [3.05, 3.63) is 53.0 Å². The van der Waals surface area contributed by atoms with Gasteiger partial charge in [0.2, 0.25) is 5.69 Å². The second-order valence-corrected chi connectivity index (χ2v) is 12.0. The topological polar surface area (TPSA) is 8.24 Å². The molecule has 0 amide bonds. The molecule has 0 radical (unpaired) electrons. The summed E-state index contributed by atoms with van der Waals surface area (Å²) in [6.45, 7) is 15.4.